The molecular formula is C13H17F3N2O2S. The normalized spacial score (nSPS) is 19.7. The van der Waals surface area contributed by atoms with Crippen LogP contribution in [-0.2, 0) is 10.0 Å². The van der Waals surface area contributed by atoms with Gasteiger partial charge in [0.1, 0.15) is 17.5 Å². The number of sulfonamides is 1. The highest BCUT2D eigenvalue weighted by Crippen LogP contribution is 2.20. The molecule has 0 amide bonds. The van der Waals surface area contributed by atoms with Crippen molar-refractivity contribution in [2.45, 2.75) is 36.6 Å². The number of benzene rings is 1. The minimum Gasteiger partial charge on any atom is -0.314 e. The average Bonchev–Trinajstić information content (AvgIpc) is 2.38. The molecule has 118 valence electrons. The van der Waals surface area contributed by atoms with Crippen LogP contribution in [0.1, 0.15) is 25.7 Å². The van der Waals surface area contributed by atoms with Crippen LogP contribution in [0.5, 0.6) is 0 Å². The van der Waals surface area contributed by atoms with Crippen LogP contribution in [0.25, 0.3) is 0 Å². The van der Waals surface area contributed by atoms with E-state index in [0.717, 1.165) is 25.8 Å². The third kappa shape index (κ3) is 4.18. The highest BCUT2D eigenvalue weighted by Gasteiger charge is 2.25. The molecule has 1 heterocycles. The Balaban J connectivity index is 2.01. The Morgan fingerprint density at radius 3 is 2.43 bits per heavy atom. The van der Waals surface area contributed by atoms with Gasteiger partial charge < -0.3 is 5.32 Å². The lowest BCUT2D eigenvalue weighted by Gasteiger charge is -2.23. The molecule has 8 heteroatoms. The van der Waals surface area contributed by atoms with Crippen LogP contribution in [0, 0.1) is 17.5 Å². The number of hydrogen-bond donors (Lipinski definition) is 2. The summed E-state index contributed by atoms with van der Waals surface area (Å²) in [6.45, 7) is 0.953. The molecule has 4 nitrogen and oxygen atoms in total. The van der Waals surface area contributed by atoms with E-state index in [4.69, 9.17) is 0 Å². The van der Waals surface area contributed by atoms with Gasteiger partial charge >= 0.3 is 0 Å². The molecule has 21 heavy (non-hydrogen) atoms. The van der Waals surface area contributed by atoms with E-state index < -0.39 is 32.4 Å². The van der Waals surface area contributed by atoms with Gasteiger partial charge in [-0.15, -0.1) is 0 Å². The molecule has 0 radical (unpaired) electrons. The summed E-state index contributed by atoms with van der Waals surface area (Å²) in [4.78, 5) is -1.14. The van der Waals surface area contributed by atoms with E-state index in [1.807, 2.05) is 0 Å². The molecule has 1 aromatic carbocycles. The maximum Gasteiger partial charge on any atom is 0.246 e. The number of hydrogen-bond acceptors (Lipinski definition) is 3. The summed E-state index contributed by atoms with van der Waals surface area (Å²) in [5.74, 6) is -4.03. The standard InChI is InChI=1S/C13H17F3N2O2S/c14-9-7-11(15)13(12(16)8-9)21(19,20)18-6-4-10-3-1-2-5-17-10/h7-8,10,17-18H,1-6H2. The Kier molecular flexibility index (Phi) is 5.23. The zero-order valence-corrected chi connectivity index (χ0v) is 12.1. The summed E-state index contributed by atoms with van der Waals surface area (Å²) in [5, 5.41) is 3.24. The Morgan fingerprint density at radius 1 is 1.19 bits per heavy atom. The molecule has 1 atom stereocenters. The first-order chi connectivity index (χ1) is 9.90. The number of rotatable bonds is 5. The van der Waals surface area contributed by atoms with Crippen molar-refractivity contribution >= 4 is 10.0 Å². The summed E-state index contributed by atoms with van der Waals surface area (Å²) in [6.07, 6.45) is 3.64. The van der Waals surface area contributed by atoms with Crippen LogP contribution in [0.3, 0.4) is 0 Å². The molecule has 1 aliphatic rings. The van der Waals surface area contributed by atoms with Gasteiger partial charge in [-0.25, -0.2) is 26.3 Å². The summed E-state index contributed by atoms with van der Waals surface area (Å²) < 4.78 is 65.7. The Morgan fingerprint density at radius 2 is 1.86 bits per heavy atom. The second kappa shape index (κ2) is 6.76. The zero-order chi connectivity index (χ0) is 15.5. The van der Waals surface area contributed by atoms with E-state index in [1.165, 1.54) is 0 Å². The molecule has 1 aromatic rings. The van der Waals surface area contributed by atoms with Crippen molar-refractivity contribution in [3.63, 3.8) is 0 Å². The Bertz CT molecular complexity index is 578. The predicted octanol–water partition coefficient (Wildman–Crippen LogP) is 1.91. The van der Waals surface area contributed by atoms with Crippen LogP contribution in [0.4, 0.5) is 13.2 Å². The lowest BCUT2D eigenvalue weighted by Crippen LogP contribution is -2.37. The highest BCUT2D eigenvalue weighted by molar-refractivity contribution is 7.89. The maximum absolute atomic E-state index is 13.5. The molecule has 1 saturated heterocycles. The van der Waals surface area contributed by atoms with Crippen LogP contribution in [0.15, 0.2) is 17.0 Å². The molecule has 0 aromatic heterocycles. The molecule has 0 aliphatic carbocycles. The van der Waals surface area contributed by atoms with Crippen molar-refractivity contribution in [1.82, 2.24) is 10.0 Å². The second-order valence-electron chi connectivity index (χ2n) is 5.03. The fourth-order valence-corrected chi connectivity index (χ4v) is 3.56. The van der Waals surface area contributed by atoms with E-state index in [1.54, 1.807) is 0 Å². The molecule has 1 unspecified atom stereocenters. The van der Waals surface area contributed by atoms with Crippen molar-refractivity contribution in [2.75, 3.05) is 13.1 Å². The van der Waals surface area contributed by atoms with Gasteiger partial charge in [0.2, 0.25) is 10.0 Å². The van der Waals surface area contributed by atoms with E-state index in [0.29, 0.717) is 18.6 Å². The fraction of sp³-hybridized carbons (Fsp3) is 0.538. The molecular weight excluding hydrogens is 305 g/mol. The molecule has 0 saturated carbocycles. The molecule has 1 aliphatic heterocycles. The number of nitrogens with one attached hydrogen (secondary N) is 2. The summed E-state index contributed by atoms with van der Waals surface area (Å²) >= 11 is 0. The zero-order valence-electron chi connectivity index (χ0n) is 11.3. The van der Waals surface area contributed by atoms with Gasteiger partial charge in [-0.2, -0.15) is 0 Å². The largest absolute Gasteiger partial charge is 0.314 e. The van der Waals surface area contributed by atoms with Gasteiger partial charge in [0.25, 0.3) is 0 Å². The lowest BCUT2D eigenvalue weighted by atomic mass is 10.0. The summed E-state index contributed by atoms with van der Waals surface area (Å²) in [6, 6.07) is 0.894. The fourth-order valence-electron chi connectivity index (χ4n) is 2.40. The first-order valence-corrected chi connectivity index (χ1v) is 8.26. The minimum atomic E-state index is -4.33. The van der Waals surface area contributed by atoms with Crippen LogP contribution in [-0.4, -0.2) is 27.5 Å². The summed E-state index contributed by atoms with van der Waals surface area (Å²) in [7, 11) is -4.33. The van der Waals surface area contributed by atoms with Gasteiger partial charge in [-0.3, -0.25) is 0 Å². The van der Waals surface area contributed by atoms with Gasteiger partial charge in [0.15, 0.2) is 4.90 Å². The third-order valence-corrected chi connectivity index (χ3v) is 4.94. The Labute approximate surface area is 121 Å². The molecule has 1 fully saturated rings. The van der Waals surface area contributed by atoms with Crippen molar-refractivity contribution in [1.29, 1.82) is 0 Å². The molecule has 2 rings (SSSR count). The summed E-state index contributed by atoms with van der Waals surface area (Å²) in [5.41, 5.74) is 0. The maximum atomic E-state index is 13.5. The van der Waals surface area contributed by atoms with Crippen molar-refractivity contribution < 1.29 is 21.6 Å². The smallest absolute Gasteiger partial charge is 0.246 e. The average molecular weight is 322 g/mol. The Hall–Kier alpha value is -1.12. The van der Waals surface area contributed by atoms with Gasteiger partial charge in [-0.05, 0) is 25.8 Å². The van der Waals surface area contributed by atoms with Gasteiger partial charge in [0, 0.05) is 24.7 Å². The third-order valence-electron chi connectivity index (χ3n) is 3.43. The lowest BCUT2D eigenvalue weighted by molar-refractivity contribution is 0.382. The topological polar surface area (TPSA) is 58.2 Å². The van der Waals surface area contributed by atoms with Crippen LogP contribution in [0.2, 0.25) is 0 Å². The van der Waals surface area contributed by atoms with E-state index in [2.05, 4.69) is 10.0 Å². The molecule has 2 N–H and O–H groups in total. The van der Waals surface area contributed by atoms with Crippen molar-refractivity contribution in [2.24, 2.45) is 0 Å². The SMILES string of the molecule is O=S(=O)(NCCC1CCCCN1)c1c(F)cc(F)cc1F. The molecule has 0 bridgehead atoms. The monoisotopic (exact) mass is 322 g/mol. The predicted molar refractivity (Wildman–Crippen MR) is 71.8 cm³/mol. The van der Waals surface area contributed by atoms with Gasteiger partial charge in [-0.1, -0.05) is 6.42 Å². The van der Waals surface area contributed by atoms with E-state index in [-0.39, 0.29) is 12.6 Å². The number of halogens is 3. The first-order valence-electron chi connectivity index (χ1n) is 6.78. The molecule has 0 spiro atoms. The number of piperidine rings is 1. The quantitative estimate of drug-likeness (QED) is 0.871. The minimum absolute atomic E-state index is 0.0657. The van der Waals surface area contributed by atoms with Crippen LogP contribution < -0.4 is 10.0 Å². The van der Waals surface area contributed by atoms with Gasteiger partial charge in [0.05, 0.1) is 0 Å². The van der Waals surface area contributed by atoms with Crippen molar-refractivity contribution in [3.8, 4) is 0 Å². The van der Waals surface area contributed by atoms with E-state index >= 15 is 0 Å². The highest BCUT2D eigenvalue weighted by atomic mass is 32.2. The first kappa shape index (κ1) is 16.3. The van der Waals surface area contributed by atoms with Crippen molar-refractivity contribution in [3.05, 3.63) is 29.6 Å². The van der Waals surface area contributed by atoms with E-state index in [9.17, 15) is 21.6 Å². The second-order valence-corrected chi connectivity index (χ2v) is 6.74. The van der Waals surface area contributed by atoms with Crippen LogP contribution >= 0.6 is 0 Å².